The summed E-state index contributed by atoms with van der Waals surface area (Å²) in [5.74, 6) is -0.160. The Labute approximate surface area is 140 Å². The highest BCUT2D eigenvalue weighted by Crippen LogP contribution is 2.35. The van der Waals surface area contributed by atoms with Crippen molar-refractivity contribution in [3.05, 3.63) is 56.8 Å². The summed E-state index contributed by atoms with van der Waals surface area (Å²) < 4.78 is 4.96. The van der Waals surface area contributed by atoms with E-state index in [1.807, 2.05) is 30.3 Å². The molecule has 2 aromatic rings. The van der Waals surface area contributed by atoms with Crippen LogP contribution in [0.15, 0.2) is 30.3 Å². The number of aryl methyl sites for hydroxylation is 1. The quantitative estimate of drug-likeness (QED) is 0.785. The minimum atomic E-state index is -0.299. The van der Waals surface area contributed by atoms with Gasteiger partial charge in [0.25, 0.3) is 0 Å². The van der Waals surface area contributed by atoms with E-state index >= 15 is 0 Å². The molecule has 3 rings (SSSR count). The lowest BCUT2D eigenvalue weighted by Crippen LogP contribution is -2.12. The maximum absolute atomic E-state index is 12.4. The van der Waals surface area contributed by atoms with Gasteiger partial charge >= 0.3 is 5.97 Å². The van der Waals surface area contributed by atoms with Gasteiger partial charge < -0.3 is 4.74 Å². The number of methoxy groups -OCH3 is 1. The van der Waals surface area contributed by atoms with Gasteiger partial charge in [-0.3, -0.25) is 4.79 Å². The van der Waals surface area contributed by atoms with Crippen LogP contribution in [0.1, 0.15) is 44.1 Å². The van der Waals surface area contributed by atoms with E-state index in [9.17, 15) is 9.59 Å². The van der Waals surface area contributed by atoms with Gasteiger partial charge in [0.1, 0.15) is 5.78 Å². The zero-order chi connectivity index (χ0) is 16.2. The molecular weight excluding hydrogens is 308 g/mol. The van der Waals surface area contributed by atoms with E-state index in [1.165, 1.54) is 12.0 Å². The highest BCUT2D eigenvalue weighted by Gasteiger charge is 2.26. The predicted octanol–water partition coefficient (Wildman–Crippen LogP) is 3.77. The maximum atomic E-state index is 12.4. The maximum Gasteiger partial charge on any atom is 0.339 e. The van der Waals surface area contributed by atoms with E-state index in [1.54, 1.807) is 11.3 Å². The van der Waals surface area contributed by atoms with E-state index in [-0.39, 0.29) is 11.8 Å². The number of thiophene rings is 1. The number of benzene rings is 1. The molecule has 0 fully saturated rings. The molecule has 0 unspecified atom stereocenters. The van der Waals surface area contributed by atoms with Crippen LogP contribution in [0, 0.1) is 0 Å². The van der Waals surface area contributed by atoms with Gasteiger partial charge in [-0.15, -0.1) is 11.3 Å². The molecule has 3 nitrogen and oxygen atoms in total. The summed E-state index contributed by atoms with van der Waals surface area (Å²) in [6.45, 7) is 0. The Balaban J connectivity index is 1.83. The lowest BCUT2D eigenvalue weighted by Gasteiger charge is -2.11. The van der Waals surface area contributed by atoms with Crippen LogP contribution in [-0.4, -0.2) is 18.9 Å². The number of hydrogen-bond acceptors (Lipinski definition) is 4. The number of carbonyl (C=O) groups excluding carboxylic acids is 2. The number of fused-ring (bicyclic) bond motifs is 1. The molecule has 0 saturated heterocycles. The first-order valence-corrected chi connectivity index (χ1v) is 8.78. The van der Waals surface area contributed by atoms with Gasteiger partial charge in [-0.1, -0.05) is 30.3 Å². The number of Topliss-reactive ketones (excluding diaryl/α,β-unsaturated/α-hetero) is 1. The normalized spacial score (nSPS) is 13.4. The zero-order valence-electron chi connectivity index (χ0n) is 13.3. The molecule has 1 aliphatic rings. The first-order valence-electron chi connectivity index (χ1n) is 7.96. The Morgan fingerprint density at radius 3 is 2.57 bits per heavy atom. The summed E-state index contributed by atoms with van der Waals surface area (Å²) in [4.78, 5) is 26.7. The van der Waals surface area contributed by atoms with Gasteiger partial charge in [-0.05, 0) is 36.8 Å². The lowest BCUT2D eigenvalue weighted by atomic mass is 9.94. The SMILES string of the molecule is COC(=O)c1c(CC(=O)Cc2ccccc2)sc2c1CCCC2. The van der Waals surface area contributed by atoms with Gasteiger partial charge in [0.05, 0.1) is 12.7 Å². The Morgan fingerprint density at radius 1 is 1.09 bits per heavy atom. The molecular formula is C19H20O3S. The van der Waals surface area contributed by atoms with Crippen molar-refractivity contribution in [3.63, 3.8) is 0 Å². The van der Waals surface area contributed by atoms with Crippen LogP contribution in [0.2, 0.25) is 0 Å². The van der Waals surface area contributed by atoms with Gasteiger partial charge in [-0.25, -0.2) is 4.79 Å². The van der Waals surface area contributed by atoms with Crippen molar-refractivity contribution in [1.82, 2.24) is 0 Å². The summed E-state index contributed by atoms with van der Waals surface area (Å²) in [5.41, 5.74) is 2.79. The van der Waals surface area contributed by atoms with Crippen LogP contribution >= 0.6 is 11.3 Å². The summed E-state index contributed by atoms with van der Waals surface area (Å²) in [6, 6.07) is 9.73. The Kier molecular flexibility index (Phi) is 4.91. The first-order chi connectivity index (χ1) is 11.2. The average molecular weight is 328 g/mol. The molecule has 0 N–H and O–H groups in total. The molecule has 0 aliphatic heterocycles. The molecule has 1 heterocycles. The van der Waals surface area contributed by atoms with Crippen LogP contribution in [0.4, 0.5) is 0 Å². The van der Waals surface area contributed by atoms with Crippen molar-refractivity contribution in [3.8, 4) is 0 Å². The molecule has 0 radical (unpaired) electrons. The second kappa shape index (κ2) is 7.09. The number of ether oxygens (including phenoxy) is 1. The van der Waals surface area contributed by atoms with Gasteiger partial charge in [0, 0.05) is 22.6 Å². The Hall–Kier alpha value is -1.94. The summed E-state index contributed by atoms with van der Waals surface area (Å²) >= 11 is 1.62. The van der Waals surface area contributed by atoms with Crippen LogP contribution in [0.3, 0.4) is 0 Å². The Morgan fingerprint density at radius 2 is 1.83 bits per heavy atom. The van der Waals surface area contributed by atoms with Crippen LogP contribution in [0.25, 0.3) is 0 Å². The highest BCUT2D eigenvalue weighted by atomic mass is 32.1. The van der Waals surface area contributed by atoms with Crippen molar-refractivity contribution in [2.24, 2.45) is 0 Å². The number of hydrogen-bond donors (Lipinski definition) is 0. The first kappa shape index (κ1) is 15.9. The Bertz CT molecular complexity index is 716. The number of rotatable bonds is 5. The van der Waals surface area contributed by atoms with E-state index in [4.69, 9.17) is 4.74 Å². The van der Waals surface area contributed by atoms with Crippen molar-refractivity contribution in [2.75, 3.05) is 7.11 Å². The third-order valence-corrected chi connectivity index (χ3v) is 5.53. The summed E-state index contributed by atoms with van der Waals surface area (Å²) in [5, 5.41) is 0. The zero-order valence-corrected chi connectivity index (χ0v) is 14.1. The molecule has 4 heteroatoms. The monoisotopic (exact) mass is 328 g/mol. The third kappa shape index (κ3) is 3.53. The number of esters is 1. The van der Waals surface area contributed by atoms with Gasteiger partial charge in [0.15, 0.2) is 0 Å². The second-order valence-corrected chi connectivity index (χ2v) is 7.07. The van der Waals surface area contributed by atoms with Crippen molar-refractivity contribution >= 4 is 23.1 Å². The fraction of sp³-hybridized carbons (Fsp3) is 0.368. The molecule has 0 amide bonds. The standard InChI is InChI=1S/C19H20O3S/c1-22-19(21)18-15-9-5-6-10-16(15)23-17(18)12-14(20)11-13-7-3-2-4-8-13/h2-4,7-8H,5-6,9-12H2,1H3. The lowest BCUT2D eigenvalue weighted by molar-refractivity contribution is -0.117. The van der Waals surface area contributed by atoms with E-state index in [2.05, 4.69) is 0 Å². The molecule has 1 aliphatic carbocycles. The fourth-order valence-electron chi connectivity index (χ4n) is 3.15. The molecule has 1 aromatic carbocycles. The molecule has 0 bridgehead atoms. The third-order valence-electron chi connectivity index (χ3n) is 4.24. The van der Waals surface area contributed by atoms with Crippen molar-refractivity contribution < 1.29 is 14.3 Å². The van der Waals surface area contributed by atoms with Gasteiger partial charge in [0.2, 0.25) is 0 Å². The molecule has 0 atom stereocenters. The van der Waals surface area contributed by atoms with Crippen LogP contribution < -0.4 is 0 Å². The smallest absolute Gasteiger partial charge is 0.339 e. The predicted molar refractivity (Wildman–Crippen MR) is 91.2 cm³/mol. The molecule has 0 saturated carbocycles. The molecule has 120 valence electrons. The summed E-state index contributed by atoms with van der Waals surface area (Å²) in [7, 11) is 1.41. The van der Waals surface area contributed by atoms with E-state index in [0.717, 1.165) is 41.7 Å². The number of carbonyl (C=O) groups is 2. The fourth-order valence-corrected chi connectivity index (χ4v) is 4.56. The topological polar surface area (TPSA) is 43.4 Å². The van der Waals surface area contributed by atoms with Crippen molar-refractivity contribution in [2.45, 2.75) is 38.5 Å². The number of ketones is 1. The average Bonchev–Trinajstić information content (AvgIpc) is 2.92. The minimum Gasteiger partial charge on any atom is -0.465 e. The van der Waals surface area contributed by atoms with Crippen LogP contribution in [-0.2, 0) is 35.2 Å². The largest absolute Gasteiger partial charge is 0.465 e. The molecule has 23 heavy (non-hydrogen) atoms. The minimum absolute atomic E-state index is 0.139. The highest BCUT2D eigenvalue weighted by molar-refractivity contribution is 7.12. The van der Waals surface area contributed by atoms with Gasteiger partial charge in [-0.2, -0.15) is 0 Å². The van der Waals surface area contributed by atoms with E-state index in [0.29, 0.717) is 18.4 Å². The van der Waals surface area contributed by atoms with E-state index < -0.39 is 0 Å². The van der Waals surface area contributed by atoms with Crippen LogP contribution in [0.5, 0.6) is 0 Å². The second-order valence-electron chi connectivity index (χ2n) is 5.88. The van der Waals surface area contributed by atoms with Crippen molar-refractivity contribution in [1.29, 1.82) is 0 Å². The molecule has 0 spiro atoms. The summed E-state index contributed by atoms with van der Waals surface area (Å²) in [6.07, 6.45) is 4.91. The molecule has 1 aromatic heterocycles.